The number of esters is 1. The maximum atomic E-state index is 13.6. The fraction of sp³-hybridized carbons (Fsp3) is 0.808. The topological polar surface area (TPSA) is 111 Å². The molecule has 1 saturated carbocycles. The van der Waals surface area contributed by atoms with Crippen LogP contribution >= 0.6 is 0 Å². The van der Waals surface area contributed by atoms with E-state index in [1.807, 2.05) is 6.92 Å². The molecule has 0 spiro atoms. The molecule has 0 unspecified atom stereocenters. The number of ether oxygens (including phenoxy) is 2. The largest absolute Gasteiger partial charge is 0.473 e. The molecular weight excluding hydrogens is 518 g/mol. The third-order valence-electron chi connectivity index (χ3n) is 6.77. The van der Waals surface area contributed by atoms with Gasteiger partial charge in [0.1, 0.15) is 11.6 Å². The van der Waals surface area contributed by atoms with Crippen LogP contribution in [-0.4, -0.2) is 71.5 Å². The number of nitrogens with one attached hydrogen (secondary N) is 1. The van der Waals surface area contributed by atoms with E-state index in [2.05, 4.69) is 15.3 Å². The smallest absolute Gasteiger partial charge is 0.324 e. The van der Waals surface area contributed by atoms with Crippen LogP contribution in [0.15, 0.2) is 11.2 Å². The first kappa shape index (κ1) is 30.6. The first-order valence-corrected chi connectivity index (χ1v) is 15.0. The Labute approximate surface area is 225 Å². The van der Waals surface area contributed by atoms with E-state index in [1.165, 1.54) is 6.20 Å². The lowest BCUT2D eigenvalue weighted by atomic mass is 9.92. The molecule has 2 atom stereocenters. The molecule has 0 bridgehead atoms. The maximum absolute atomic E-state index is 13.6. The third-order valence-corrected chi connectivity index (χ3v) is 8.59. The van der Waals surface area contributed by atoms with Crippen molar-refractivity contribution in [2.75, 3.05) is 13.1 Å². The van der Waals surface area contributed by atoms with E-state index in [4.69, 9.17) is 9.47 Å². The zero-order chi connectivity index (χ0) is 28.1. The number of carbonyl (C=O) groups excluding carboxylic acids is 1. The Kier molecular flexibility index (Phi) is 10.1. The van der Waals surface area contributed by atoms with Gasteiger partial charge in [0.2, 0.25) is 10.9 Å². The van der Waals surface area contributed by atoms with Gasteiger partial charge in [0.15, 0.2) is 0 Å². The highest BCUT2D eigenvalue weighted by atomic mass is 32.2. The third kappa shape index (κ3) is 8.54. The zero-order valence-electron chi connectivity index (χ0n) is 23.1. The van der Waals surface area contributed by atoms with E-state index in [-0.39, 0.29) is 42.4 Å². The molecule has 3 rings (SSSR count). The summed E-state index contributed by atoms with van der Waals surface area (Å²) >= 11 is 0. The minimum absolute atomic E-state index is 0.0613. The number of aryl methyl sites for hydroxylation is 1. The van der Waals surface area contributed by atoms with Crippen molar-refractivity contribution >= 4 is 16.0 Å². The Morgan fingerprint density at radius 1 is 1.24 bits per heavy atom. The van der Waals surface area contributed by atoms with Crippen LogP contribution in [0.1, 0.15) is 91.2 Å². The minimum atomic E-state index is -4.16. The lowest BCUT2D eigenvalue weighted by molar-refractivity contribution is -0.158. The number of aromatic nitrogens is 2. The second-order valence-corrected chi connectivity index (χ2v) is 13.2. The number of hydrogen-bond acceptors (Lipinski definition) is 8. The number of unbranched alkanes of at least 4 members (excludes halogenated alkanes) is 1. The van der Waals surface area contributed by atoms with Crippen molar-refractivity contribution < 1.29 is 31.5 Å². The molecule has 2 fully saturated rings. The molecule has 216 valence electrons. The summed E-state index contributed by atoms with van der Waals surface area (Å²) in [6.07, 6.45) is 5.12. The predicted octanol–water partition coefficient (Wildman–Crippen LogP) is 4.38. The average Bonchev–Trinajstić information content (AvgIpc) is 3.30. The number of alkyl halides is 2. The molecule has 0 amide bonds. The highest BCUT2D eigenvalue weighted by Crippen LogP contribution is 2.33. The van der Waals surface area contributed by atoms with E-state index in [0.29, 0.717) is 37.8 Å². The first-order valence-electron chi connectivity index (χ1n) is 13.5. The van der Waals surface area contributed by atoms with Gasteiger partial charge in [0, 0.05) is 31.6 Å². The number of halogens is 2. The van der Waals surface area contributed by atoms with Crippen LogP contribution in [0.2, 0.25) is 0 Å². The predicted molar refractivity (Wildman–Crippen MR) is 139 cm³/mol. The lowest BCUT2D eigenvalue weighted by Crippen LogP contribution is -2.43. The highest BCUT2D eigenvalue weighted by molar-refractivity contribution is 7.89. The van der Waals surface area contributed by atoms with Gasteiger partial charge in [-0.1, -0.05) is 0 Å². The summed E-state index contributed by atoms with van der Waals surface area (Å²) in [6.45, 7) is 9.68. The van der Waals surface area contributed by atoms with Gasteiger partial charge >= 0.3 is 5.97 Å². The zero-order valence-corrected chi connectivity index (χ0v) is 24.0. The molecule has 1 saturated heterocycles. The molecule has 0 aromatic carbocycles. The van der Waals surface area contributed by atoms with Crippen molar-refractivity contribution in [3.8, 4) is 5.88 Å². The molecule has 2 aliphatic rings. The van der Waals surface area contributed by atoms with Crippen molar-refractivity contribution in [2.24, 2.45) is 0 Å². The summed E-state index contributed by atoms with van der Waals surface area (Å²) in [4.78, 5) is 21.2. The van der Waals surface area contributed by atoms with Gasteiger partial charge in [-0.2, -0.15) is 4.31 Å². The van der Waals surface area contributed by atoms with Gasteiger partial charge in [-0.25, -0.2) is 27.2 Å². The van der Waals surface area contributed by atoms with Crippen LogP contribution in [0.3, 0.4) is 0 Å². The summed E-state index contributed by atoms with van der Waals surface area (Å²) < 4.78 is 66.4. The molecular formula is C26H42F2N4O5S. The average molecular weight is 561 g/mol. The van der Waals surface area contributed by atoms with Crippen molar-refractivity contribution in [1.82, 2.24) is 19.6 Å². The van der Waals surface area contributed by atoms with Gasteiger partial charge < -0.3 is 14.8 Å². The maximum Gasteiger partial charge on any atom is 0.324 e. The van der Waals surface area contributed by atoms with E-state index < -0.39 is 33.6 Å². The lowest BCUT2D eigenvalue weighted by Gasteiger charge is -2.29. The normalized spacial score (nSPS) is 21.8. The monoisotopic (exact) mass is 560 g/mol. The van der Waals surface area contributed by atoms with Gasteiger partial charge in [0.25, 0.3) is 15.9 Å². The minimum Gasteiger partial charge on any atom is -0.473 e. The SMILES string of the molecule is Cc1cnc(S(=O)(=O)N2CCC[C@H]2C(=O)OC(C)(C)C)c(O[C@H](C)CCCCNC2CCC(F)(F)CC2)n1. The van der Waals surface area contributed by atoms with Crippen LogP contribution < -0.4 is 10.1 Å². The standard InChI is InChI=1S/C26H42F2N4O5S/c1-18-17-30-23(38(34,35)32-16-8-10-21(32)24(33)37-25(3,4)5)22(31-18)36-19(2)9-6-7-15-29-20-11-13-26(27,28)14-12-20/h17,19-21,29H,6-16H2,1-5H3/t19-,21+/m1/s1. The second kappa shape index (κ2) is 12.5. The summed E-state index contributed by atoms with van der Waals surface area (Å²) in [5.74, 6) is -3.18. The van der Waals surface area contributed by atoms with Crippen molar-refractivity contribution in [3.05, 3.63) is 11.9 Å². The van der Waals surface area contributed by atoms with Crippen LogP contribution in [0.25, 0.3) is 0 Å². The summed E-state index contributed by atoms with van der Waals surface area (Å²) in [6, 6.07) is -0.788. The van der Waals surface area contributed by atoms with E-state index >= 15 is 0 Å². The van der Waals surface area contributed by atoms with Gasteiger partial charge in [-0.3, -0.25) is 4.79 Å². The fourth-order valence-electron chi connectivity index (χ4n) is 4.80. The Morgan fingerprint density at radius 2 is 1.92 bits per heavy atom. The van der Waals surface area contributed by atoms with Crippen LogP contribution in [0, 0.1) is 6.92 Å². The highest BCUT2D eigenvalue weighted by Gasteiger charge is 2.43. The number of carbonyl (C=O) groups is 1. The molecule has 1 aliphatic heterocycles. The number of sulfonamides is 1. The van der Waals surface area contributed by atoms with E-state index in [0.717, 1.165) is 23.7 Å². The Bertz CT molecular complexity index is 1050. The fourth-order valence-corrected chi connectivity index (χ4v) is 6.42. The summed E-state index contributed by atoms with van der Waals surface area (Å²) in [7, 11) is -4.16. The molecule has 38 heavy (non-hydrogen) atoms. The Morgan fingerprint density at radius 3 is 2.58 bits per heavy atom. The Balaban J connectivity index is 1.57. The molecule has 1 aromatic rings. The molecule has 12 heteroatoms. The molecule has 1 N–H and O–H groups in total. The Hall–Kier alpha value is -1.92. The van der Waals surface area contributed by atoms with Gasteiger partial charge in [0.05, 0.1) is 11.8 Å². The molecule has 1 aliphatic carbocycles. The van der Waals surface area contributed by atoms with Crippen LogP contribution in [-0.2, 0) is 19.6 Å². The summed E-state index contributed by atoms with van der Waals surface area (Å²) in [5.41, 5.74) is -0.221. The van der Waals surface area contributed by atoms with Crippen molar-refractivity contribution in [3.63, 3.8) is 0 Å². The van der Waals surface area contributed by atoms with Crippen LogP contribution in [0.5, 0.6) is 5.88 Å². The van der Waals surface area contributed by atoms with E-state index in [1.54, 1.807) is 27.7 Å². The quantitative estimate of drug-likeness (QED) is 0.314. The molecule has 1 aromatic heterocycles. The number of rotatable bonds is 11. The summed E-state index contributed by atoms with van der Waals surface area (Å²) in [5, 5.41) is 3.05. The van der Waals surface area contributed by atoms with Crippen molar-refractivity contribution in [2.45, 2.75) is 127 Å². The molecule has 0 radical (unpaired) electrons. The number of nitrogens with zero attached hydrogens (tertiary/aromatic N) is 3. The molecule has 9 nitrogen and oxygen atoms in total. The van der Waals surface area contributed by atoms with Gasteiger partial charge in [-0.05, 0) is 86.1 Å². The molecule has 2 heterocycles. The second-order valence-electron chi connectivity index (χ2n) is 11.4. The number of hydrogen-bond donors (Lipinski definition) is 1. The van der Waals surface area contributed by atoms with Crippen LogP contribution in [0.4, 0.5) is 8.78 Å². The van der Waals surface area contributed by atoms with Gasteiger partial charge in [-0.15, -0.1) is 0 Å². The van der Waals surface area contributed by atoms with E-state index in [9.17, 15) is 22.0 Å². The first-order chi connectivity index (χ1) is 17.7. The van der Waals surface area contributed by atoms with Crippen molar-refractivity contribution in [1.29, 1.82) is 0 Å².